The summed E-state index contributed by atoms with van der Waals surface area (Å²) in [7, 11) is 1.94. The molecule has 0 bridgehead atoms. The third kappa shape index (κ3) is 1.18. The van der Waals surface area contributed by atoms with Gasteiger partial charge in [0.15, 0.2) is 12.1 Å². The molecule has 1 aliphatic rings. The fourth-order valence-corrected chi connectivity index (χ4v) is 2.45. The van der Waals surface area contributed by atoms with Gasteiger partial charge in [-0.2, -0.15) is 0 Å². The van der Waals surface area contributed by atoms with Crippen LogP contribution in [-0.4, -0.2) is 25.7 Å². The Labute approximate surface area is 80.0 Å². The van der Waals surface area contributed by atoms with Crippen LogP contribution in [0.2, 0.25) is 0 Å². The van der Waals surface area contributed by atoms with Gasteiger partial charge in [-0.3, -0.25) is 9.59 Å². The molecule has 3 nitrogen and oxygen atoms in total. The van der Waals surface area contributed by atoms with Crippen LogP contribution in [0.25, 0.3) is 0 Å². The third-order valence-electron chi connectivity index (χ3n) is 2.27. The zero-order valence-electron chi connectivity index (χ0n) is 7.24. The Morgan fingerprint density at radius 2 is 2.38 bits per heavy atom. The van der Waals surface area contributed by atoms with Crippen LogP contribution >= 0.6 is 11.3 Å². The molecule has 0 amide bonds. The van der Waals surface area contributed by atoms with E-state index in [1.807, 2.05) is 17.3 Å². The quantitative estimate of drug-likeness (QED) is 0.638. The number of aldehydes is 1. The maximum Gasteiger partial charge on any atom is 0.168 e. The molecular formula is C9H9NO2S. The second-order valence-electron chi connectivity index (χ2n) is 3.07. The van der Waals surface area contributed by atoms with Crippen molar-refractivity contribution < 1.29 is 9.59 Å². The molecule has 0 fully saturated rings. The lowest BCUT2D eigenvalue weighted by atomic mass is 10.0. The van der Waals surface area contributed by atoms with Crippen molar-refractivity contribution in [3.63, 3.8) is 0 Å². The lowest BCUT2D eigenvalue weighted by Crippen LogP contribution is -2.27. The fraction of sp³-hybridized carbons (Fsp3) is 0.333. The van der Waals surface area contributed by atoms with Gasteiger partial charge in [0.05, 0.1) is 16.1 Å². The maximum absolute atomic E-state index is 11.5. The van der Waals surface area contributed by atoms with Crippen LogP contribution in [0.15, 0.2) is 5.38 Å². The van der Waals surface area contributed by atoms with Gasteiger partial charge >= 0.3 is 0 Å². The SMILES string of the molecule is CN1CCC(=O)c2c1csc2C=O. The molecule has 2 rings (SSSR count). The molecule has 1 aromatic heterocycles. The number of ketones is 1. The van der Waals surface area contributed by atoms with E-state index in [1.165, 1.54) is 11.3 Å². The van der Waals surface area contributed by atoms with Crippen molar-refractivity contribution in [3.8, 4) is 0 Å². The van der Waals surface area contributed by atoms with E-state index in [9.17, 15) is 9.59 Å². The van der Waals surface area contributed by atoms with Crippen LogP contribution in [0.5, 0.6) is 0 Å². The average Bonchev–Trinajstić information content (AvgIpc) is 2.56. The van der Waals surface area contributed by atoms with Crippen LogP contribution in [-0.2, 0) is 0 Å². The number of thiophene rings is 1. The number of nitrogens with zero attached hydrogens (tertiary/aromatic N) is 1. The van der Waals surface area contributed by atoms with Gasteiger partial charge in [-0.1, -0.05) is 0 Å². The summed E-state index contributed by atoms with van der Waals surface area (Å²) in [5, 5.41) is 1.87. The third-order valence-corrected chi connectivity index (χ3v) is 3.17. The fourth-order valence-electron chi connectivity index (χ4n) is 1.53. The molecule has 0 aliphatic carbocycles. The first-order valence-electron chi connectivity index (χ1n) is 4.05. The van der Waals surface area contributed by atoms with E-state index >= 15 is 0 Å². The van der Waals surface area contributed by atoms with Gasteiger partial charge in [0.25, 0.3) is 0 Å². The number of carbonyl (C=O) groups is 2. The summed E-state index contributed by atoms with van der Waals surface area (Å²) in [4.78, 5) is 24.7. The molecule has 0 atom stereocenters. The second kappa shape index (κ2) is 2.96. The van der Waals surface area contributed by atoms with Crippen LogP contribution in [0.4, 0.5) is 5.69 Å². The normalized spacial score (nSPS) is 15.8. The van der Waals surface area contributed by atoms with Crippen molar-refractivity contribution in [2.75, 3.05) is 18.5 Å². The van der Waals surface area contributed by atoms with Crippen LogP contribution < -0.4 is 4.90 Å². The van der Waals surface area contributed by atoms with Crippen molar-refractivity contribution in [1.82, 2.24) is 0 Å². The summed E-state index contributed by atoms with van der Waals surface area (Å²) in [6.07, 6.45) is 1.28. The molecule has 68 valence electrons. The standard InChI is InChI=1S/C9H9NO2S/c1-10-3-2-7(12)9-6(10)5-13-8(9)4-11/h4-5H,2-3H2,1H3. The predicted octanol–water partition coefficient (Wildman–Crippen LogP) is 1.58. The van der Waals surface area contributed by atoms with E-state index in [0.717, 1.165) is 18.5 Å². The van der Waals surface area contributed by atoms with E-state index in [2.05, 4.69) is 0 Å². The number of carbonyl (C=O) groups excluding carboxylic acids is 2. The zero-order valence-corrected chi connectivity index (χ0v) is 8.06. The highest BCUT2D eigenvalue weighted by molar-refractivity contribution is 7.12. The summed E-state index contributed by atoms with van der Waals surface area (Å²) in [5.41, 5.74) is 1.53. The highest BCUT2D eigenvalue weighted by atomic mass is 32.1. The number of anilines is 1. The van der Waals surface area contributed by atoms with Crippen molar-refractivity contribution in [2.24, 2.45) is 0 Å². The van der Waals surface area contributed by atoms with E-state index < -0.39 is 0 Å². The number of hydrogen-bond acceptors (Lipinski definition) is 4. The Morgan fingerprint density at radius 3 is 3.08 bits per heavy atom. The van der Waals surface area contributed by atoms with Gasteiger partial charge in [-0.25, -0.2) is 0 Å². The van der Waals surface area contributed by atoms with Crippen molar-refractivity contribution >= 4 is 29.1 Å². The average molecular weight is 195 g/mol. The monoisotopic (exact) mass is 195 g/mol. The lowest BCUT2D eigenvalue weighted by molar-refractivity contribution is 0.0975. The summed E-state index contributed by atoms with van der Waals surface area (Å²) in [6, 6.07) is 0. The smallest absolute Gasteiger partial charge is 0.168 e. The molecule has 1 aliphatic heterocycles. The van der Waals surface area contributed by atoms with Gasteiger partial charge < -0.3 is 4.90 Å². The Morgan fingerprint density at radius 1 is 1.62 bits per heavy atom. The van der Waals surface area contributed by atoms with Gasteiger partial charge in [0, 0.05) is 25.4 Å². The molecule has 0 aromatic carbocycles. The zero-order chi connectivity index (χ0) is 9.42. The summed E-state index contributed by atoms with van der Waals surface area (Å²) in [5.74, 6) is 0.0939. The van der Waals surface area contributed by atoms with Gasteiger partial charge in [0.1, 0.15) is 0 Å². The molecule has 0 saturated carbocycles. The number of fused-ring (bicyclic) bond motifs is 1. The topological polar surface area (TPSA) is 37.4 Å². The highest BCUT2D eigenvalue weighted by Crippen LogP contribution is 2.32. The molecule has 0 spiro atoms. The maximum atomic E-state index is 11.5. The predicted molar refractivity (Wildman–Crippen MR) is 51.9 cm³/mol. The van der Waals surface area contributed by atoms with Gasteiger partial charge in [-0.05, 0) is 0 Å². The second-order valence-corrected chi connectivity index (χ2v) is 3.98. The first-order chi connectivity index (χ1) is 6.24. The minimum atomic E-state index is 0.0939. The minimum Gasteiger partial charge on any atom is -0.373 e. The minimum absolute atomic E-state index is 0.0939. The molecule has 0 radical (unpaired) electrons. The molecule has 0 unspecified atom stereocenters. The van der Waals surface area contributed by atoms with E-state index in [4.69, 9.17) is 0 Å². The summed E-state index contributed by atoms with van der Waals surface area (Å²) in [6.45, 7) is 0.751. The number of hydrogen-bond donors (Lipinski definition) is 0. The largest absolute Gasteiger partial charge is 0.373 e. The van der Waals surface area contributed by atoms with Crippen LogP contribution in [0, 0.1) is 0 Å². The molecule has 2 heterocycles. The number of Topliss-reactive ketones (excluding diaryl/α,β-unsaturated/α-hetero) is 1. The summed E-state index contributed by atoms with van der Waals surface area (Å²) >= 11 is 1.34. The Bertz CT molecular complexity index is 370. The molecular weight excluding hydrogens is 186 g/mol. The van der Waals surface area contributed by atoms with Crippen LogP contribution in [0.3, 0.4) is 0 Å². The van der Waals surface area contributed by atoms with Crippen molar-refractivity contribution in [3.05, 3.63) is 15.8 Å². The van der Waals surface area contributed by atoms with E-state index in [1.54, 1.807) is 0 Å². The Hall–Kier alpha value is -1.16. The van der Waals surface area contributed by atoms with Gasteiger partial charge in [0.2, 0.25) is 0 Å². The Balaban J connectivity index is 2.59. The molecule has 0 N–H and O–H groups in total. The lowest BCUT2D eigenvalue weighted by Gasteiger charge is -2.23. The Kier molecular flexibility index (Phi) is 1.92. The van der Waals surface area contributed by atoms with E-state index in [0.29, 0.717) is 16.9 Å². The van der Waals surface area contributed by atoms with Gasteiger partial charge in [-0.15, -0.1) is 11.3 Å². The number of rotatable bonds is 1. The molecule has 0 saturated heterocycles. The van der Waals surface area contributed by atoms with Crippen LogP contribution in [0.1, 0.15) is 26.5 Å². The molecule has 4 heteroatoms. The molecule has 1 aromatic rings. The first-order valence-corrected chi connectivity index (χ1v) is 4.93. The highest BCUT2D eigenvalue weighted by Gasteiger charge is 2.25. The summed E-state index contributed by atoms with van der Waals surface area (Å²) < 4.78 is 0. The molecule has 13 heavy (non-hydrogen) atoms. The van der Waals surface area contributed by atoms with E-state index in [-0.39, 0.29) is 5.78 Å². The first kappa shape index (κ1) is 8.44. The van der Waals surface area contributed by atoms with Crippen molar-refractivity contribution in [2.45, 2.75) is 6.42 Å². The van der Waals surface area contributed by atoms with Crippen molar-refractivity contribution in [1.29, 1.82) is 0 Å².